The highest BCUT2D eigenvalue weighted by Gasteiger charge is 2.26. The molecular weight excluding hydrogens is 160 g/mol. The standard InChI is InChI=1S/C7H14N2OS/c1-11(2,3)6-9(8)5-4-7(11)10/h4-6H,8H2,1-3H3. The monoisotopic (exact) mass is 174 g/mol. The van der Waals surface area contributed by atoms with Gasteiger partial charge in [0.15, 0.2) is 5.12 Å². The van der Waals surface area contributed by atoms with Crippen molar-refractivity contribution in [2.75, 3.05) is 18.8 Å². The van der Waals surface area contributed by atoms with E-state index in [0.717, 1.165) is 0 Å². The van der Waals surface area contributed by atoms with Gasteiger partial charge in [0.2, 0.25) is 0 Å². The van der Waals surface area contributed by atoms with Gasteiger partial charge < -0.3 is 0 Å². The fourth-order valence-corrected chi connectivity index (χ4v) is 2.48. The molecule has 0 atom stereocenters. The van der Waals surface area contributed by atoms with Gasteiger partial charge in [0.1, 0.15) is 0 Å². The molecule has 64 valence electrons. The molecule has 2 N–H and O–H groups in total. The molecule has 0 saturated heterocycles. The molecule has 0 bridgehead atoms. The van der Waals surface area contributed by atoms with Crippen molar-refractivity contribution in [2.45, 2.75) is 0 Å². The van der Waals surface area contributed by atoms with E-state index in [-0.39, 0.29) is 5.12 Å². The summed E-state index contributed by atoms with van der Waals surface area (Å²) in [4.78, 5) is 11.4. The Bertz CT molecular complexity index is 287. The Labute approximate surface area is 66.7 Å². The van der Waals surface area contributed by atoms with Crippen molar-refractivity contribution in [1.29, 1.82) is 0 Å². The van der Waals surface area contributed by atoms with Crippen molar-refractivity contribution < 1.29 is 4.79 Å². The van der Waals surface area contributed by atoms with Gasteiger partial charge in [0, 0.05) is 17.8 Å². The molecule has 1 aliphatic rings. The zero-order valence-electron chi connectivity index (χ0n) is 7.07. The summed E-state index contributed by atoms with van der Waals surface area (Å²) in [5.41, 5.74) is 1.82. The van der Waals surface area contributed by atoms with Gasteiger partial charge in [0.25, 0.3) is 0 Å². The molecule has 0 radical (unpaired) electrons. The van der Waals surface area contributed by atoms with Crippen LogP contribution in [0.2, 0.25) is 0 Å². The molecule has 4 heteroatoms. The van der Waals surface area contributed by atoms with E-state index >= 15 is 0 Å². The quantitative estimate of drug-likeness (QED) is 0.422. The molecule has 0 fully saturated rings. The van der Waals surface area contributed by atoms with Gasteiger partial charge in [-0.3, -0.25) is 9.80 Å². The van der Waals surface area contributed by atoms with Crippen LogP contribution in [0.4, 0.5) is 0 Å². The molecule has 0 saturated carbocycles. The maximum Gasteiger partial charge on any atom is 0.193 e. The topological polar surface area (TPSA) is 46.3 Å². The molecule has 1 rings (SSSR count). The number of rotatable bonds is 0. The SMILES string of the molecule is CS1(C)(C)=CN(N)C=CC1=O. The van der Waals surface area contributed by atoms with Crippen LogP contribution in [-0.4, -0.2) is 34.4 Å². The van der Waals surface area contributed by atoms with Crippen molar-refractivity contribution in [1.82, 2.24) is 5.01 Å². The molecule has 1 aliphatic heterocycles. The minimum absolute atomic E-state index is 0.184. The fraction of sp³-hybridized carbons (Fsp3) is 0.429. The van der Waals surface area contributed by atoms with E-state index in [0.29, 0.717) is 0 Å². The summed E-state index contributed by atoms with van der Waals surface area (Å²) < 4.78 is 0. The zero-order chi connectivity index (χ0) is 8.72. The van der Waals surface area contributed by atoms with E-state index in [4.69, 9.17) is 5.84 Å². The lowest BCUT2D eigenvalue weighted by Gasteiger charge is -2.38. The lowest BCUT2D eigenvalue weighted by Crippen LogP contribution is -2.33. The summed E-state index contributed by atoms with van der Waals surface area (Å²) in [6, 6.07) is 0. The number of hydrogen-bond donors (Lipinski definition) is 1. The molecule has 0 aliphatic carbocycles. The molecule has 1 heterocycles. The average Bonchev–Trinajstić information content (AvgIpc) is 1.77. The van der Waals surface area contributed by atoms with Gasteiger partial charge in [-0.25, -0.2) is 5.84 Å². The highest BCUT2D eigenvalue weighted by molar-refractivity contribution is 8.56. The van der Waals surface area contributed by atoms with Crippen LogP contribution in [0.5, 0.6) is 0 Å². The number of hydrazine groups is 1. The van der Waals surface area contributed by atoms with Gasteiger partial charge >= 0.3 is 0 Å². The first-order chi connectivity index (χ1) is 4.80. The van der Waals surface area contributed by atoms with E-state index in [2.05, 4.69) is 0 Å². The molecule has 0 unspecified atom stereocenters. The summed E-state index contributed by atoms with van der Waals surface area (Å²) >= 11 is 0. The largest absolute Gasteiger partial charge is 0.289 e. The van der Waals surface area contributed by atoms with Crippen molar-refractivity contribution in [3.8, 4) is 0 Å². The van der Waals surface area contributed by atoms with Gasteiger partial charge in [-0.15, -0.1) is 0 Å². The average molecular weight is 174 g/mol. The molecule has 0 aromatic rings. The van der Waals surface area contributed by atoms with E-state index in [1.165, 1.54) is 5.01 Å². The number of carbonyl (C=O) groups excluding carboxylic acids is 1. The first-order valence-electron chi connectivity index (χ1n) is 3.27. The van der Waals surface area contributed by atoms with Crippen molar-refractivity contribution in [3.63, 3.8) is 0 Å². The Balaban J connectivity index is 3.25. The number of hydrogen-bond acceptors (Lipinski definition) is 3. The Kier molecular flexibility index (Phi) is 1.51. The van der Waals surface area contributed by atoms with Crippen LogP contribution in [-0.2, 0) is 4.79 Å². The second-order valence-corrected chi connectivity index (χ2v) is 9.79. The third-order valence-corrected chi connectivity index (χ3v) is 4.15. The second kappa shape index (κ2) is 1.95. The highest BCUT2D eigenvalue weighted by Crippen LogP contribution is 2.49. The van der Waals surface area contributed by atoms with Crippen LogP contribution < -0.4 is 5.84 Å². The number of carbonyl (C=O) groups is 1. The third-order valence-electron chi connectivity index (χ3n) is 1.59. The van der Waals surface area contributed by atoms with Gasteiger partial charge in [-0.05, 0) is 18.8 Å². The smallest absolute Gasteiger partial charge is 0.193 e. The van der Waals surface area contributed by atoms with Crippen molar-refractivity contribution in [2.24, 2.45) is 5.84 Å². The van der Waals surface area contributed by atoms with Crippen LogP contribution in [0, 0.1) is 0 Å². The van der Waals surface area contributed by atoms with E-state index in [1.54, 1.807) is 12.3 Å². The lowest BCUT2D eigenvalue weighted by atomic mass is 10.6. The molecule has 0 aromatic carbocycles. The summed E-state index contributed by atoms with van der Waals surface area (Å²) in [6.45, 7) is 0. The maximum atomic E-state index is 11.4. The van der Waals surface area contributed by atoms with Crippen LogP contribution in [0.25, 0.3) is 0 Å². The molecule has 0 spiro atoms. The maximum absolute atomic E-state index is 11.4. The normalized spacial score (nSPS) is 30.4. The lowest BCUT2D eigenvalue weighted by molar-refractivity contribution is -0.107. The van der Waals surface area contributed by atoms with Gasteiger partial charge in [0.05, 0.1) is 0 Å². The molecule has 3 nitrogen and oxygen atoms in total. The first-order valence-corrected chi connectivity index (χ1v) is 6.59. The minimum atomic E-state index is -2.03. The Morgan fingerprint density at radius 3 is 2.36 bits per heavy atom. The number of nitrogens with two attached hydrogens (primary N) is 1. The summed E-state index contributed by atoms with van der Waals surface area (Å²) in [5, 5.41) is 1.65. The second-order valence-electron chi connectivity index (χ2n) is 3.85. The van der Waals surface area contributed by atoms with E-state index < -0.39 is 8.75 Å². The minimum Gasteiger partial charge on any atom is -0.289 e. The molecule has 11 heavy (non-hydrogen) atoms. The first kappa shape index (κ1) is 8.49. The molecule has 0 amide bonds. The van der Waals surface area contributed by atoms with Gasteiger partial charge in [-0.2, -0.15) is 8.75 Å². The van der Waals surface area contributed by atoms with Crippen LogP contribution >= 0.6 is 8.75 Å². The Morgan fingerprint density at radius 2 is 2.00 bits per heavy atom. The summed E-state index contributed by atoms with van der Waals surface area (Å²) in [5.74, 6) is 5.52. The predicted octanol–water partition coefficient (Wildman–Crippen LogP) is 0.205. The van der Waals surface area contributed by atoms with Crippen LogP contribution in [0.3, 0.4) is 0 Å². The summed E-state index contributed by atoms with van der Waals surface area (Å²) in [6.07, 6.45) is 9.01. The molecular formula is C7H14N2OS. The van der Waals surface area contributed by atoms with Crippen molar-refractivity contribution >= 4 is 19.4 Å². The molecule has 0 aromatic heterocycles. The number of nitrogens with zero attached hydrogens (tertiary/aromatic N) is 1. The fourth-order valence-electron chi connectivity index (χ4n) is 0.903. The van der Waals surface area contributed by atoms with Crippen LogP contribution in [0.15, 0.2) is 12.3 Å². The highest BCUT2D eigenvalue weighted by atomic mass is 32.3. The van der Waals surface area contributed by atoms with Crippen molar-refractivity contribution in [3.05, 3.63) is 12.3 Å². The Morgan fingerprint density at radius 1 is 1.45 bits per heavy atom. The summed E-state index contributed by atoms with van der Waals surface area (Å²) in [7, 11) is -2.03. The third kappa shape index (κ3) is 1.52. The van der Waals surface area contributed by atoms with Gasteiger partial charge in [-0.1, -0.05) is 0 Å². The van der Waals surface area contributed by atoms with E-state index in [9.17, 15) is 4.79 Å². The predicted molar refractivity (Wildman–Crippen MR) is 51.6 cm³/mol. The van der Waals surface area contributed by atoms with E-state index in [1.807, 2.05) is 24.3 Å². The Hall–Kier alpha value is -0.610. The van der Waals surface area contributed by atoms with Crippen LogP contribution in [0.1, 0.15) is 0 Å². The zero-order valence-corrected chi connectivity index (χ0v) is 7.89.